The zero-order valence-corrected chi connectivity index (χ0v) is 26.9. The Morgan fingerprint density at radius 2 is 1.72 bits per heavy atom. The van der Waals surface area contributed by atoms with Crippen molar-refractivity contribution in [1.82, 2.24) is 9.66 Å². The first kappa shape index (κ1) is 30.3. The van der Waals surface area contributed by atoms with Gasteiger partial charge in [0.25, 0.3) is 5.56 Å². The van der Waals surface area contributed by atoms with Gasteiger partial charge in [-0.2, -0.15) is 9.78 Å². The molecule has 0 saturated carbocycles. The number of hydrogen-bond acceptors (Lipinski definition) is 6. The van der Waals surface area contributed by atoms with Crippen LogP contribution in [0.3, 0.4) is 0 Å². The molecule has 43 heavy (non-hydrogen) atoms. The van der Waals surface area contributed by atoms with Gasteiger partial charge in [0, 0.05) is 10.0 Å². The minimum atomic E-state index is -0.286. The van der Waals surface area contributed by atoms with E-state index < -0.39 is 0 Å². The fourth-order valence-corrected chi connectivity index (χ4v) is 5.33. The van der Waals surface area contributed by atoms with E-state index in [0.29, 0.717) is 45.4 Å². The Labute approximate surface area is 263 Å². The molecular formula is C34H31BrClN3O4. The van der Waals surface area contributed by atoms with E-state index in [-0.39, 0.29) is 11.5 Å². The Hall–Kier alpha value is -4.14. The molecule has 0 aliphatic carbocycles. The topological polar surface area (TPSA) is 74.9 Å². The number of fused-ring (bicyclic) bond motifs is 1. The van der Waals surface area contributed by atoms with Crippen molar-refractivity contribution in [2.75, 3.05) is 14.2 Å². The summed E-state index contributed by atoms with van der Waals surface area (Å²) >= 11 is 10.1. The zero-order chi connectivity index (χ0) is 30.7. The summed E-state index contributed by atoms with van der Waals surface area (Å²) in [6.07, 6.45) is 1.57. The highest BCUT2D eigenvalue weighted by Gasteiger charge is 2.19. The van der Waals surface area contributed by atoms with Gasteiger partial charge in [0.05, 0.1) is 36.4 Å². The second-order valence-corrected chi connectivity index (χ2v) is 11.6. The Morgan fingerprint density at radius 3 is 2.42 bits per heavy atom. The van der Waals surface area contributed by atoms with E-state index in [2.05, 4.69) is 34.9 Å². The summed E-state index contributed by atoms with van der Waals surface area (Å²) < 4.78 is 19.6. The Balaban J connectivity index is 1.58. The molecule has 0 unspecified atom stereocenters. The van der Waals surface area contributed by atoms with E-state index in [1.807, 2.05) is 61.5 Å². The van der Waals surface area contributed by atoms with E-state index in [0.717, 1.165) is 32.5 Å². The fourth-order valence-electron chi connectivity index (χ4n) is 4.79. The molecule has 0 aliphatic rings. The van der Waals surface area contributed by atoms with Crippen LogP contribution in [0.5, 0.6) is 17.2 Å². The molecule has 5 rings (SSSR count). The summed E-state index contributed by atoms with van der Waals surface area (Å²) in [5, 5.41) is 5.45. The quantitative estimate of drug-likeness (QED) is 0.149. The van der Waals surface area contributed by atoms with Crippen LogP contribution in [0.25, 0.3) is 22.3 Å². The fraction of sp³-hybridized carbons (Fsp3) is 0.206. The van der Waals surface area contributed by atoms with Gasteiger partial charge in [-0.25, -0.2) is 4.98 Å². The molecule has 4 aromatic carbocycles. The zero-order valence-electron chi connectivity index (χ0n) is 24.5. The van der Waals surface area contributed by atoms with Crippen molar-refractivity contribution in [3.63, 3.8) is 0 Å². The van der Waals surface area contributed by atoms with Crippen molar-refractivity contribution < 1.29 is 14.2 Å². The lowest BCUT2D eigenvalue weighted by Gasteiger charge is -2.17. The molecule has 0 bridgehead atoms. The molecule has 0 amide bonds. The van der Waals surface area contributed by atoms with Gasteiger partial charge >= 0.3 is 0 Å². The normalized spacial score (nSPS) is 11.4. The smallest absolute Gasteiger partial charge is 0.282 e. The highest BCUT2D eigenvalue weighted by Crippen LogP contribution is 2.37. The minimum absolute atomic E-state index is 0.192. The molecule has 1 heterocycles. The third-order valence-corrected chi connectivity index (χ3v) is 7.87. The highest BCUT2D eigenvalue weighted by atomic mass is 79.9. The average molecular weight is 661 g/mol. The first-order valence-electron chi connectivity index (χ1n) is 13.7. The monoisotopic (exact) mass is 659 g/mol. The number of hydrogen-bond donors (Lipinski definition) is 0. The molecule has 0 radical (unpaired) electrons. The largest absolute Gasteiger partial charge is 0.496 e. The van der Waals surface area contributed by atoms with Gasteiger partial charge in [-0.05, 0) is 83.6 Å². The maximum atomic E-state index is 13.8. The van der Waals surface area contributed by atoms with E-state index >= 15 is 0 Å². The number of rotatable bonds is 9. The van der Waals surface area contributed by atoms with Gasteiger partial charge in [0.15, 0.2) is 17.3 Å². The molecule has 220 valence electrons. The first-order valence-corrected chi connectivity index (χ1v) is 14.9. The summed E-state index contributed by atoms with van der Waals surface area (Å²) in [5.41, 5.74) is 4.62. The number of aromatic nitrogens is 2. The minimum Gasteiger partial charge on any atom is -0.496 e. The first-order chi connectivity index (χ1) is 20.7. The average Bonchev–Trinajstić information content (AvgIpc) is 3.00. The second kappa shape index (κ2) is 13.0. The van der Waals surface area contributed by atoms with Crippen LogP contribution >= 0.6 is 27.5 Å². The number of nitrogens with zero attached hydrogens (tertiary/aromatic N) is 3. The number of halogens is 2. The molecule has 0 saturated heterocycles. The van der Waals surface area contributed by atoms with Crippen LogP contribution in [0.4, 0.5) is 0 Å². The molecule has 1 aromatic heterocycles. The van der Waals surface area contributed by atoms with E-state index in [1.165, 1.54) is 4.68 Å². The molecule has 0 spiro atoms. The van der Waals surface area contributed by atoms with Crippen LogP contribution in [0.2, 0.25) is 5.02 Å². The predicted molar refractivity (Wildman–Crippen MR) is 176 cm³/mol. The van der Waals surface area contributed by atoms with Crippen LogP contribution in [0.1, 0.15) is 42.0 Å². The summed E-state index contributed by atoms with van der Waals surface area (Å²) in [4.78, 5) is 18.7. The molecule has 0 N–H and O–H groups in total. The van der Waals surface area contributed by atoms with Crippen molar-refractivity contribution in [3.05, 3.63) is 115 Å². The maximum absolute atomic E-state index is 13.8. The molecule has 0 fully saturated rings. The molecule has 7 nitrogen and oxygen atoms in total. The SMILES string of the molecule is COc1cc(C)c(-c2nc3ccccc3c(=O)n2N=Cc2cc(Cl)c(OCc3ccc(Br)cc3)c(OC)c2)cc1C(C)C. The molecular weight excluding hydrogens is 630 g/mol. The maximum Gasteiger partial charge on any atom is 0.282 e. The van der Waals surface area contributed by atoms with Crippen molar-refractivity contribution in [2.24, 2.45) is 5.10 Å². The lowest BCUT2D eigenvalue weighted by Crippen LogP contribution is -2.20. The van der Waals surface area contributed by atoms with Crippen LogP contribution in [0, 0.1) is 6.92 Å². The predicted octanol–water partition coefficient (Wildman–Crippen LogP) is 8.39. The van der Waals surface area contributed by atoms with Gasteiger partial charge in [-0.15, -0.1) is 0 Å². The molecule has 5 aromatic rings. The number of aryl methyl sites for hydroxylation is 1. The molecule has 9 heteroatoms. The third kappa shape index (κ3) is 6.45. The van der Waals surface area contributed by atoms with Gasteiger partial charge in [0.1, 0.15) is 12.4 Å². The van der Waals surface area contributed by atoms with Crippen molar-refractivity contribution in [1.29, 1.82) is 0 Å². The second-order valence-electron chi connectivity index (χ2n) is 10.3. The lowest BCUT2D eigenvalue weighted by atomic mass is 9.96. The van der Waals surface area contributed by atoms with Crippen LogP contribution in [-0.4, -0.2) is 30.1 Å². The Kier molecular flexibility index (Phi) is 9.18. The van der Waals surface area contributed by atoms with Crippen LogP contribution in [-0.2, 0) is 6.61 Å². The number of para-hydroxylation sites is 1. The van der Waals surface area contributed by atoms with Crippen molar-refractivity contribution >= 4 is 44.6 Å². The lowest BCUT2D eigenvalue weighted by molar-refractivity contribution is 0.284. The Bertz CT molecular complexity index is 1880. The van der Waals surface area contributed by atoms with Gasteiger partial charge < -0.3 is 14.2 Å². The van der Waals surface area contributed by atoms with E-state index in [4.69, 9.17) is 30.8 Å². The summed E-state index contributed by atoms with van der Waals surface area (Å²) in [6.45, 7) is 6.48. The van der Waals surface area contributed by atoms with Crippen molar-refractivity contribution in [2.45, 2.75) is 33.3 Å². The van der Waals surface area contributed by atoms with Crippen LogP contribution in [0.15, 0.2) is 87.2 Å². The molecule has 0 aliphatic heterocycles. The standard InChI is InChI=1S/C34H31BrClN3O4/c1-20(2)26-17-27(21(3)14-30(26)41-4)33-38-29-9-7-6-8-25(29)34(40)39(33)37-18-23-15-28(36)32(31(16-23)42-5)43-19-22-10-12-24(35)13-11-22/h6-18,20H,19H2,1-5H3. The number of methoxy groups -OCH3 is 2. The van der Waals surface area contributed by atoms with Crippen molar-refractivity contribution in [3.8, 4) is 28.6 Å². The highest BCUT2D eigenvalue weighted by molar-refractivity contribution is 9.10. The summed E-state index contributed by atoms with van der Waals surface area (Å²) in [6, 6.07) is 22.6. The molecule has 0 atom stereocenters. The number of ether oxygens (including phenoxy) is 3. The summed E-state index contributed by atoms with van der Waals surface area (Å²) in [7, 11) is 3.21. The van der Waals surface area contributed by atoms with E-state index in [9.17, 15) is 4.79 Å². The Morgan fingerprint density at radius 1 is 1.00 bits per heavy atom. The number of benzene rings is 4. The van der Waals surface area contributed by atoms with Gasteiger partial charge in [-0.1, -0.05) is 65.6 Å². The summed E-state index contributed by atoms with van der Waals surface area (Å²) in [5.74, 6) is 2.28. The van der Waals surface area contributed by atoms with Gasteiger partial charge in [-0.3, -0.25) is 4.79 Å². The van der Waals surface area contributed by atoms with Crippen LogP contribution < -0.4 is 19.8 Å². The third-order valence-electron chi connectivity index (χ3n) is 7.06. The van der Waals surface area contributed by atoms with Gasteiger partial charge in [0.2, 0.25) is 0 Å². The van der Waals surface area contributed by atoms with E-state index in [1.54, 1.807) is 38.6 Å².